The lowest BCUT2D eigenvalue weighted by atomic mass is 10.2. The number of rotatable bonds is 14. The number of carbonyl (C=O) groups is 1. The van der Waals surface area contributed by atoms with E-state index in [2.05, 4.69) is 15.4 Å². The molecule has 1 aromatic heterocycles. The van der Waals surface area contributed by atoms with E-state index >= 15 is 8.42 Å². The minimum atomic E-state index is -4.72. The van der Waals surface area contributed by atoms with E-state index in [0.717, 1.165) is 5.56 Å². The third-order valence-electron chi connectivity index (χ3n) is 9.11. The maximum Gasteiger partial charge on any atom is 0.410 e. The Morgan fingerprint density at radius 1 is 0.772 bits per heavy atom. The first-order valence-electron chi connectivity index (χ1n) is 17.7. The van der Waals surface area contributed by atoms with Gasteiger partial charge in [-0.25, -0.2) is 21.6 Å². The van der Waals surface area contributed by atoms with Crippen LogP contribution in [0.15, 0.2) is 94.7 Å². The van der Waals surface area contributed by atoms with E-state index in [4.69, 9.17) is 18.9 Å². The fourth-order valence-corrected chi connectivity index (χ4v) is 11.0. The van der Waals surface area contributed by atoms with Crippen molar-refractivity contribution in [2.45, 2.75) is 61.0 Å². The molecule has 0 N–H and O–H groups in total. The van der Waals surface area contributed by atoms with Crippen molar-refractivity contribution in [3.8, 4) is 28.6 Å². The van der Waals surface area contributed by atoms with Crippen molar-refractivity contribution >= 4 is 48.5 Å². The molecule has 1 aliphatic heterocycles. The molecule has 0 saturated carbocycles. The van der Waals surface area contributed by atoms with Crippen LogP contribution in [0.2, 0.25) is 0 Å². The lowest BCUT2D eigenvalue weighted by Crippen LogP contribution is -2.57. The largest absolute Gasteiger partial charge is 0.497 e. The van der Waals surface area contributed by atoms with Crippen LogP contribution < -0.4 is 14.2 Å². The second-order valence-electron chi connectivity index (χ2n) is 14.3. The molecule has 1 saturated heterocycles. The molecular formula is C39H43IN6O9S2. The van der Waals surface area contributed by atoms with Crippen molar-refractivity contribution in [2.24, 2.45) is 0 Å². The standard InChI is InChI=1S/C39H43IN6O9S2/c1-39(2,3)55-38(47)44-24-32(25-44)56(48,49)34-20-19-33(40)35(37-41-43-46(42-37)23-28-11-17-31(54-6)18-12-28)36(34)57(50,51)45(21-26-7-13-29(52-4)14-8-26)22-27-9-15-30(53-5)16-10-27/h7-20,32H,21-25H2,1-6H3. The number of sulfonamides is 1. The number of methoxy groups -OCH3 is 3. The van der Waals surface area contributed by atoms with Gasteiger partial charge in [-0.2, -0.15) is 9.10 Å². The summed E-state index contributed by atoms with van der Waals surface area (Å²) >= 11 is 1.96. The summed E-state index contributed by atoms with van der Waals surface area (Å²) in [6.07, 6.45) is -0.659. The minimum absolute atomic E-state index is 0.0181. The monoisotopic (exact) mass is 930 g/mol. The van der Waals surface area contributed by atoms with Gasteiger partial charge < -0.3 is 23.8 Å². The maximum atomic E-state index is 15.4. The zero-order valence-corrected chi connectivity index (χ0v) is 36.0. The molecule has 0 unspecified atom stereocenters. The number of nitrogens with zero attached hydrogens (tertiary/aromatic N) is 6. The van der Waals surface area contributed by atoms with Gasteiger partial charge in [-0.3, -0.25) is 0 Å². The van der Waals surface area contributed by atoms with Gasteiger partial charge >= 0.3 is 6.09 Å². The fourth-order valence-electron chi connectivity index (χ4n) is 6.05. The summed E-state index contributed by atoms with van der Waals surface area (Å²) < 4.78 is 83.1. The van der Waals surface area contributed by atoms with Gasteiger partial charge in [0.25, 0.3) is 0 Å². The lowest BCUT2D eigenvalue weighted by molar-refractivity contribution is 0.0139. The number of sulfone groups is 1. The zero-order valence-electron chi connectivity index (χ0n) is 32.2. The topological polar surface area (TPSA) is 172 Å². The van der Waals surface area contributed by atoms with Crippen molar-refractivity contribution in [1.29, 1.82) is 0 Å². The Hall–Kier alpha value is -4.79. The summed E-state index contributed by atoms with van der Waals surface area (Å²) in [5.74, 6) is 1.76. The SMILES string of the molecule is COc1ccc(CN(Cc2ccc(OC)cc2)S(=O)(=O)c2c(S(=O)(=O)C3CN(C(=O)OC(C)(C)C)C3)ccc(I)c2-c2nnn(Cc3ccc(OC)cc3)n2)cc1. The first-order valence-corrected chi connectivity index (χ1v) is 21.8. The predicted molar refractivity (Wildman–Crippen MR) is 219 cm³/mol. The van der Waals surface area contributed by atoms with Crippen molar-refractivity contribution in [3.05, 3.63) is 105 Å². The van der Waals surface area contributed by atoms with Crippen molar-refractivity contribution in [1.82, 2.24) is 29.4 Å². The number of likely N-dealkylation sites (tertiary alicyclic amines) is 1. The summed E-state index contributed by atoms with van der Waals surface area (Å²) in [6, 6.07) is 23.9. The molecule has 4 aromatic carbocycles. The van der Waals surface area contributed by atoms with E-state index in [1.165, 1.54) is 40.4 Å². The molecule has 0 atom stereocenters. The average Bonchev–Trinajstić information content (AvgIpc) is 3.61. The highest BCUT2D eigenvalue weighted by Gasteiger charge is 2.46. The Kier molecular flexibility index (Phi) is 12.5. The van der Waals surface area contributed by atoms with E-state index in [0.29, 0.717) is 31.9 Å². The van der Waals surface area contributed by atoms with E-state index in [-0.39, 0.29) is 44.1 Å². The molecule has 1 amide bonds. The third-order valence-corrected chi connectivity index (χ3v) is 14.1. The van der Waals surface area contributed by atoms with E-state index in [1.807, 2.05) is 34.7 Å². The smallest absolute Gasteiger partial charge is 0.410 e. The number of amides is 1. The first-order chi connectivity index (χ1) is 27.0. The van der Waals surface area contributed by atoms with Gasteiger partial charge in [-0.1, -0.05) is 36.4 Å². The van der Waals surface area contributed by atoms with Crippen LogP contribution in [0.1, 0.15) is 37.5 Å². The van der Waals surface area contributed by atoms with Gasteiger partial charge in [0, 0.05) is 29.7 Å². The Morgan fingerprint density at radius 3 is 1.74 bits per heavy atom. The maximum absolute atomic E-state index is 15.4. The summed E-state index contributed by atoms with van der Waals surface area (Å²) in [6.45, 7) is 4.71. The molecule has 0 radical (unpaired) electrons. The zero-order chi connectivity index (χ0) is 41.1. The van der Waals surface area contributed by atoms with Gasteiger partial charge in [-0.15, -0.1) is 10.2 Å². The molecule has 5 aromatic rings. The quantitative estimate of drug-likeness (QED) is 0.123. The molecule has 2 heterocycles. The average molecular weight is 931 g/mol. The van der Waals surface area contributed by atoms with Crippen LogP contribution >= 0.6 is 22.6 Å². The van der Waals surface area contributed by atoms with Gasteiger partial charge in [0.1, 0.15) is 33.0 Å². The molecular weight excluding hydrogens is 887 g/mol. The fraction of sp³-hybridized carbons (Fsp3) is 0.333. The number of ether oxygens (including phenoxy) is 4. The molecule has 57 heavy (non-hydrogen) atoms. The highest BCUT2D eigenvalue weighted by Crippen LogP contribution is 2.40. The summed E-state index contributed by atoms with van der Waals surface area (Å²) in [5, 5.41) is 12.0. The number of hydrogen-bond acceptors (Lipinski definition) is 12. The highest BCUT2D eigenvalue weighted by atomic mass is 127. The highest BCUT2D eigenvalue weighted by molar-refractivity contribution is 14.1. The predicted octanol–water partition coefficient (Wildman–Crippen LogP) is 5.80. The molecule has 0 aliphatic carbocycles. The molecule has 6 rings (SSSR count). The molecule has 15 nitrogen and oxygen atoms in total. The summed E-state index contributed by atoms with van der Waals surface area (Å²) in [7, 11) is -4.49. The molecule has 0 bridgehead atoms. The van der Waals surface area contributed by atoms with Gasteiger partial charge in [-0.05, 0) is 114 Å². The lowest BCUT2D eigenvalue weighted by Gasteiger charge is -2.39. The minimum Gasteiger partial charge on any atom is -0.497 e. The van der Waals surface area contributed by atoms with E-state index < -0.39 is 46.6 Å². The Bertz CT molecular complexity index is 2380. The van der Waals surface area contributed by atoms with Crippen LogP contribution in [0.4, 0.5) is 4.79 Å². The number of tetrazole rings is 1. The van der Waals surface area contributed by atoms with Gasteiger partial charge in [0.2, 0.25) is 15.8 Å². The number of aromatic nitrogens is 4. The first kappa shape index (κ1) is 41.8. The van der Waals surface area contributed by atoms with Crippen LogP contribution in [0.5, 0.6) is 17.2 Å². The molecule has 0 spiro atoms. The number of hydrogen-bond donors (Lipinski definition) is 0. The van der Waals surface area contributed by atoms with Crippen molar-refractivity contribution in [3.63, 3.8) is 0 Å². The normalized spacial score (nSPS) is 13.6. The third kappa shape index (κ3) is 9.51. The number of benzene rings is 4. The van der Waals surface area contributed by atoms with Gasteiger partial charge in [0.15, 0.2) is 9.84 Å². The van der Waals surface area contributed by atoms with Crippen LogP contribution in [0.25, 0.3) is 11.4 Å². The molecule has 18 heteroatoms. The number of halogens is 1. The Balaban J connectivity index is 1.48. The van der Waals surface area contributed by atoms with Crippen molar-refractivity contribution < 1.29 is 40.6 Å². The van der Waals surface area contributed by atoms with Crippen molar-refractivity contribution in [2.75, 3.05) is 34.4 Å². The van der Waals surface area contributed by atoms with E-state index in [1.54, 1.807) is 88.5 Å². The Morgan fingerprint density at radius 2 is 1.26 bits per heavy atom. The summed E-state index contributed by atoms with van der Waals surface area (Å²) in [5.41, 5.74) is 1.27. The molecule has 1 fully saturated rings. The van der Waals surface area contributed by atoms with Crippen LogP contribution in [0, 0.1) is 3.57 Å². The summed E-state index contributed by atoms with van der Waals surface area (Å²) in [4.78, 5) is 14.5. The Labute approximate surface area is 346 Å². The molecule has 302 valence electrons. The van der Waals surface area contributed by atoms with Crippen LogP contribution in [-0.2, 0) is 44.2 Å². The number of carbonyl (C=O) groups excluding carboxylic acids is 1. The van der Waals surface area contributed by atoms with Crippen LogP contribution in [0.3, 0.4) is 0 Å². The van der Waals surface area contributed by atoms with E-state index in [9.17, 15) is 13.2 Å². The van der Waals surface area contributed by atoms with Crippen LogP contribution in [-0.4, -0.2) is 97.6 Å². The second-order valence-corrected chi connectivity index (χ2v) is 19.5. The molecule has 1 aliphatic rings. The second kappa shape index (κ2) is 17.0. The van der Waals surface area contributed by atoms with Gasteiger partial charge in [0.05, 0.1) is 38.3 Å².